The Morgan fingerprint density at radius 1 is 0.846 bits per heavy atom. The van der Waals surface area contributed by atoms with Gasteiger partial charge in [-0.1, -0.05) is 0 Å². The van der Waals surface area contributed by atoms with Gasteiger partial charge in [-0.3, -0.25) is 0 Å². The topological polar surface area (TPSA) is 18.5 Å². The average Bonchev–Trinajstić information content (AvgIpc) is 2.28. The quantitative estimate of drug-likeness (QED) is 0.599. The first-order valence-electron chi connectivity index (χ1n) is 5.28. The summed E-state index contributed by atoms with van der Waals surface area (Å²) in [6.45, 7) is 1.87. The highest BCUT2D eigenvalue weighted by atomic mass is 32.2. The maximum absolute atomic E-state index is 5.83. The van der Waals surface area contributed by atoms with Crippen molar-refractivity contribution < 1.29 is 9.47 Å². The highest BCUT2D eigenvalue weighted by molar-refractivity contribution is 7.99. The lowest BCUT2D eigenvalue weighted by Crippen LogP contribution is -2.36. The van der Waals surface area contributed by atoms with Gasteiger partial charge in [0, 0.05) is 13.2 Å². The molecule has 13 heavy (non-hydrogen) atoms. The fourth-order valence-electron chi connectivity index (χ4n) is 1.97. The molecule has 0 radical (unpaired) electrons. The van der Waals surface area contributed by atoms with Crippen molar-refractivity contribution in [3.63, 3.8) is 0 Å². The minimum absolute atomic E-state index is 0.388. The fraction of sp³-hybridized carbons (Fsp3) is 1.00. The van der Waals surface area contributed by atoms with Gasteiger partial charge in [0.05, 0.1) is 12.2 Å². The van der Waals surface area contributed by atoms with E-state index in [2.05, 4.69) is 0 Å². The summed E-state index contributed by atoms with van der Waals surface area (Å²) in [5.74, 6) is 2.49. The van der Waals surface area contributed by atoms with Crippen LogP contribution in [0.3, 0.4) is 0 Å². The Morgan fingerprint density at radius 2 is 1.62 bits per heavy atom. The summed E-state index contributed by atoms with van der Waals surface area (Å²) in [5.41, 5.74) is 0. The summed E-state index contributed by atoms with van der Waals surface area (Å²) in [5, 5.41) is 0. The van der Waals surface area contributed by atoms with E-state index < -0.39 is 0 Å². The summed E-state index contributed by atoms with van der Waals surface area (Å²) in [4.78, 5) is 0. The van der Waals surface area contributed by atoms with E-state index in [9.17, 15) is 0 Å². The molecule has 2 fully saturated rings. The summed E-state index contributed by atoms with van der Waals surface area (Å²) >= 11 is 2.04. The van der Waals surface area contributed by atoms with Gasteiger partial charge < -0.3 is 9.47 Å². The first kappa shape index (κ1) is 9.81. The molecule has 2 aliphatic rings. The molecule has 0 aromatic heterocycles. The third kappa shape index (κ3) is 2.86. The maximum atomic E-state index is 5.83. The highest BCUT2D eigenvalue weighted by Gasteiger charge is 2.26. The number of ether oxygens (including phenoxy) is 2. The molecule has 0 N–H and O–H groups in total. The predicted octanol–water partition coefficient (Wildman–Crippen LogP) is 2.08. The van der Waals surface area contributed by atoms with E-state index in [0.29, 0.717) is 12.2 Å². The number of rotatable bonds is 0. The van der Waals surface area contributed by atoms with Crippen LogP contribution in [0.4, 0.5) is 0 Å². The van der Waals surface area contributed by atoms with Gasteiger partial charge in [-0.25, -0.2) is 0 Å². The number of hydrogen-bond donors (Lipinski definition) is 0. The number of fused-ring (bicyclic) bond motifs is 1. The van der Waals surface area contributed by atoms with Gasteiger partial charge in [-0.15, -0.1) is 0 Å². The predicted molar refractivity (Wildman–Crippen MR) is 55.3 cm³/mol. The average molecular weight is 202 g/mol. The van der Waals surface area contributed by atoms with Gasteiger partial charge in [0.1, 0.15) is 0 Å². The van der Waals surface area contributed by atoms with Crippen molar-refractivity contribution in [2.75, 3.05) is 24.7 Å². The number of thioether (sulfide) groups is 1. The maximum Gasteiger partial charge on any atom is 0.0844 e. The molecule has 76 valence electrons. The molecule has 0 aromatic rings. The van der Waals surface area contributed by atoms with Crippen LogP contribution >= 0.6 is 11.8 Å². The minimum Gasteiger partial charge on any atom is -0.375 e. The first-order chi connectivity index (χ1) is 6.47. The largest absolute Gasteiger partial charge is 0.375 e. The third-order valence-electron chi connectivity index (χ3n) is 2.69. The zero-order valence-corrected chi connectivity index (χ0v) is 8.85. The fourth-order valence-corrected chi connectivity index (χ4v) is 2.89. The second-order valence-corrected chi connectivity index (χ2v) is 4.94. The normalized spacial score (nSPS) is 36.9. The van der Waals surface area contributed by atoms with Crippen LogP contribution in [-0.4, -0.2) is 36.9 Å². The van der Waals surface area contributed by atoms with Crippen LogP contribution < -0.4 is 0 Å². The van der Waals surface area contributed by atoms with Crippen molar-refractivity contribution in [2.45, 2.75) is 37.9 Å². The van der Waals surface area contributed by atoms with E-state index in [1.165, 1.54) is 37.2 Å². The van der Waals surface area contributed by atoms with E-state index in [4.69, 9.17) is 9.47 Å². The SMILES string of the molecule is C1CO[C@H]2CCCO[C@@H]2CCSC1. The van der Waals surface area contributed by atoms with E-state index in [1.54, 1.807) is 0 Å². The molecule has 2 heterocycles. The molecule has 0 aliphatic carbocycles. The molecule has 0 amide bonds. The zero-order valence-electron chi connectivity index (χ0n) is 8.04. The van der Waals surface area contributed by atoms with Crippen molar-refractivity contribution >= 4 is 11.8 Å². The molecular formula is C10H18O2S. The van der Waals surface area contributed by atoms with Crippen molar-refractivity contribution in [3.05, 3.63) is 0 Å². The molecular weight excluding hydrogens is 184 g/mol. The van der Waals surface area contributed by atoms with Crippen LogP contribution in [0.1, 0.15) is 25.7 Å². The molecule has 3 heteroatoms. The lowest BCUT2D eigenvalue weighted by atomic mass is 10.0. The summed E-state index contributed by atoms with van der Waals surface area (Å²) < 4.78 is 11.6. The Bertz CT molecular complexity index is 136. The second kappa shape index (κ2) is 5.23. The Balaban J connectivity index is 1.88. The summed E-state index contributed by atoms with van der Waals surface area (Å²) in [6, 6.07) is 0. The van der Waals surface area contributed by atoms with E-state index in [1.807, 2.05) is 11.8 Å². The van der Waals surface area contributed by atoms with E-state index in [0.717, 1.165) is 13.2 Å². The Hall–Kier alpha value is 0.270. The molecule has 2 saturated heterocycles. The molecule has 0 saturated carbocycles. The molecule has 2 nitrogen and oxygen atoms in total. The Kier molecular flexibility index (Phi) is 3.94. The van der Waals surface area contributed by atoms with Gasteiger partial charge in [-0.2, -0.15) is 11.8 Å². The van der Waals surface area contributed by atoms with Crippen molar-refractivity contribution in [2.24, 2.45) is 0 Å². The smallest absolute Gasteiger partial charge is 0.0844 e. The van der Waals surface area contributed by atoms with Gasteiger partial charge in [0.25, 0.3) is 0 Å². The van der Waals surface area contributed by atoms with Crippen molar-refractivity contribution in [1.29, 1.82) is 0 Å². The second-order valence-electron chi connectivity index (χ2n) is 3.72. The van der Waals surface area contributed by atoms with Gasteiger partial charge >= 0.3 is 0 Å². The van der Waals surface area contributed by atoms with Crippen LogP contribution in [0, 0.1) is 0 Å². The molecule has 2 aliphatic heterocycles. The standard InChI is InChI=1S/C10H18O2S/c1-3-9-10(11-5-1)4-8-13-7-2-6-12-9/h9-10H,1-8H2/t9-,10+/m0/s1. The van der Waals surface area contributed by atoms with Crippen LogP contribution in [0.5, 0.6) is 0 Å². The molecule has 2 atom stereocenters. The van der Waals surface area contributed by atoms with Gasteiger partial charge in [-0.05, 0) is 37.2 Å². The van der Waals surface area contributed by atoms with Crippen molar-refractivity contribution in [1.82, 2.24) is 0 Å². The number of hydrogen-bond acceptors (Lipinski definition) is 3. The lowest BCUT2D eigenvalue weighted by Gasteiger charge is -2.31. The van der Waals surface area contributed by atoms with Crippen LogP contribution in [0.2, 0.25) is 0 Å². The van der Waals surface area contributed by atoms with Gasteiger partial charge in [0.15, 0.2) is 0 Å². The molecule has 0 spiro atoms. The third-order valence-corrected chi connectivity index (χ3v) is 3.79. The summed E-state index contributed by atoms with van der Waals surface area (Å²) in [7, 11) is 0. The minimum atomic E-state index is 0.388. The van der Waals surface area contributed by atoms with Crippen molar-refractivity contribution in [3.8, 4) is 0 Å². The Morgan fingerprint density at radius 3 is 2.54 bits per heavy atom. The van der Waals surface area contributed by atoms with Crippen LogP contribution in [0.15, 0.2) is 0 Å². The molecule has 2 rings (SSSR count). The summed E-state index contributed by atoms with van der Waals surface area (Å²) in [6.07, 6.45) is 5.54. The first-order valence-corrected chi connectivity index (χ1v) is 6.43. The monoisotopic (exact) mass is 202 g/mol. The molecule has 0 unspecified atom stereocenters. The van der Waals surface area contributed by atoms with Gasteiger partial charge in [0.2, 0.25) is 0 Å². The van der Waals surface area contributed by atoms with E-state index >= 15 is 0 Å². The molecule has 0 aromatic carbocycles. The Labute approximate surface area is 84.4 Å². The highest BCUT2D eigenvalue weighted by Crippen LogP contribution is 2.23. The van der Waals surface area contributed by atoms with E-state index in [-0.39, 0.29) is 0 Å². The molecule has 0 bridgehead atoms. The lowest BCUT2D eigenvalue weighted by molar-refractivity contribution is -0.105. The van der Waals surface area contributed by atoms with Crippen LogP contribution in [0.25, 0.3) is 0 Å². The van der Waals surface area contributed by atoms with Crippen LogP contribution in [-0.2, 0) is 9.47 Å². The zero-order chi connectivity index (χ0) is 8.93.